The second-order valence-corrected chi connectivity index (χ2v) is 5.17. The molecular formula is C15H21N3O. The molecule has 1 unspecified atom stereocenters. The van der Waals surface area contributed by atoms with Gasteiger partial charge < -0.3 is 9.88 Å². The average Bonchev–Trinajstić information content (AvgIpc) is 2.72. The number of nitrogens with zero attached hydrogens (tertiary/aromatic N) is 2. The first-order chi connectivity index (χ1) is 9.01. The fourth-order valence-corrected chi connectivity index (χ4v) is 2.02. The highest BCUT2D eigenvalue weighted by atomic mass is 16.2. The van der Waals surface area contributed by atoms with E-state index in [1.54, 1.807) is 6.33 Å². The molecule has 1 N–H and O–H groups in total. The molecule has 0 saturated heterocycles. The Morgan fingerprint density at radius 1 is 1.37 bits per heavy atom. The highest BCUT2D eigenvalue weighted by Crippen LogP contribution is 2.18. The number of nitrogens with one attached hydrogen (secondary N) is 1. The van der Waals surface area contributed by atoms with Crippen LogP contribution in [0.1, 0.15) is 31.4 Å². The van der Waals surface area contributed by atoms with Gasteiger partial charge in [0.25, 0.3) is 0 Å². The zero-order valence-corrected chi connectivity index (χ0v) is 12.0. The number of aromatic nitrogens is 2. The minimum absolute atomic E-state index is 0.0341. The number of carbonyl (C=O) groups excluding carboxylic acids is 1. The molecule has 0 radical (unpaired) electrons. The molecule has 0 aliphatic carbocycles. The summed E-state index contributed by atoms with van der Waals surface area (Å²) in [6, 6.07) is 4.37. The lowest BCUT2D eigenvalue weighted by Gasteiger charge is -2.12. The standard InChI is InChI=1S/C15H21N3O/c1-5-12(4)17-15(19)8-18-9-16-13-6-10(2)11(3)7-14(13)18/h6-7,9,12H,5,8H2,1-4H3,(H,17,19). The van der Waals surface area contributed by atoms with Gasteiger partial charge in [0.15, 0.2) is 0 Å². The van der Waals surface area contributed by atoms with Crippen LogP contribution in [0.25, 0.3) is 11.0 Å². The van der Waals surface area contributed by atoms with Gasteiger partial charge in [-0.05, 0) is 50.5 Å². The molecule has 102 valence electrons. The van der Waals surface area contributed by atoms with Crippen molar-refractivity contribution in [1.29, 1.82) is 0 Å². The van der Waals surface area contributed by atoms with Crippen LogP contribution >= 0.6 is 0 Å². The molecule has 0 spiro atoms. The van der Waals surface area contributed by atoms with Crippen molar-refractivity contribution in [3.05, 3.63) is 29.6 Å². The van der Waals surface area contributed by atoms with Crippen molar-refractivity contribution in [2.45, 2.75) is 46.7 Å². The SMILES string of the molecule is CCC(C)NC(=O)Cn1cnc2cc(C)c(C)cc21. The Hall–Kier alpha value is -1.84. The minimum Gasteiger partial charge on any atom is -0.352 e. The summed E-state index contributed by atoms with van der Waals surface area (Å²) in [6.07, 6.45) is 2.68. The molecule has 0 aliphatic heterocycles. The third-order valence-corrected chi connectivity index (χ3v) is 3.57. The molecule has 0 bridgehead atoms. The van der Waals surface area contributed by atoms with Crippen molar-refractivity contribution in [2.75, 3.05) is 0 Å². The maximum atomic E-state index is 11.9. The summed E-state index contributed by atoms with van der Waals surface area (Å²) in [6.45, 7) is 8.54. The van der Waals surface area contributed by atoms with E-state index in [-0.39, 0.29) is 11.9 Å². The second kappa shape index (κ2) is 5.43. The lowest BCUT2D eigenvalue weighted by molar-refractivity contribution is -0.122. The largest absolute Gasteiger partial charge is 0.352 e. The average molecular weight is 259 g/mol. The Labute approximate surface area is 113 Å². The fourth-order valence-electron chi connectivity index (χ4n) is 2.02. The van der Waals surface area contributed by atoms with Gasteiger partial charge in [-0.2, -0.15) is 0 Å². The molecule has 1 atom stereocenters. The van der Waals surface area contributed by atoms with Gasteiger partial charge in [0.05, 0.1) is 17.4 Å². The van der Waals surface area contributed by atoms with Crippen LogP contribution in [0.2, 0.25) is 0 Å². The van der Waals surface area contributed by atoms with Crippen LogP contribution in [0.3, 0.4) is 0 Å². The number of aryl methyl sites for hydroxylation is 2. The van der Waals surface area contributed by atoms with Gasteiger partial charge in [0.1, 0.15) is 6.54 Å². The first-order valence-corrected chi connectivity index (χ1v) is 6.72. The van der Waals surface area contributed by atoms with E-state index in [4.69, 9.17) is 0 Å². The number of amides is 1. The lowest BCUT2D eigenvalue weighted by atomic mass is 10.1. The first kappa shape index (κ1) is 13.6. The summed E-state index contributed by atoms with van der Waals surface area (Å²) in [7, 11) is 0. The molecule has 1 amide bonds. The van der Waals surface area contributed by atoms with E-state index >= 15 is 0 Å². The van der Waals surface area contributed by atoms with Crippen LogP contribution in [0, 0.1) is 13.8 Å². The van der Waals surface area contributed by atoms with E-state index in [9.17, 15) is 4.79 Å². The van der Waals surface area contributed by atoms with Crippen LogP contribution in [0.15, 0.2) is 18.5 Å². The monoisotopic (exact) mass is 259 g/mol. The molecule has 2 rings (SSSR count). The predicted octanol–water partition coefficient (Wildman–Crippen LogP) is 2.57. The maximum absolute atomic E-state index is 11.9. The molecule has 1 aromatic heterocycles. The number of hydrogen-bond acceptors (Lipinski definition) is 2. The molecular weight excluding hydrogens is 238 g/mol. The van der Waals surface area contributed by atoms with E-state index in [1.165, 1.54) is 11.1 Å². The van der Waals surface area contributed by atoms with Crippen LogP contribution < -0.4 is 5.32 Å². The lowest BCUT2D eigenvalue weighted by Crippen LogP contribution is -2.34. The van der Waals surface area contributed by atoms with Crippen molar-refractivity contribution < 1.29 is 4.79 Å². The number of imidazole rings is 1. The molecule has 0 aliphatic rings. The molecule has 4 heteroatoms. The summed E-state index contributed by atoms with van der Waals surface area (Å²) in [5.41, 5.74) is 4.40. The normalized spacial score (nSPS) is 12.6. The van der Waals surface area contributed by atoms with Crippen LogP contribution in [0.5, 0.6) is 0 Å². The fraction of sp³-hybridized carbons (Fsp3) is 0.467. The molecule has 0 saturated carbocycles. The maximum Gasteiger partial charge on any atom is 0.240 e. The van der Waals surface area contributed by atoms with E-state index in [0.717, 1.165) is 17.5 Å². The molecule has 1 aromatic carbocycles. The molecule has 0 fully saturated rings. The van der Waals surface area contributed by atoms with Gasteiger partial charge >= 0.3 is 0 Å². The van der Waals surface area contributed by atoms with Crippen molar-refractivity contribution in [1.82, 2.24) is 14.9 Å². The van der Waals surface area contributed by atoms with Gasteiger partial charge in [0, 0.05) is 6.04 Å². The van der Waals surface area contributed by atoms with Crippen molar-refractivity contribution in [3.63, 3.8) is 0 Å². The summed E-state index contributed by atoms with van der Waals surface area (Å²) in [4.78, 5) is 16.3. The van der Waals surface area contributed by atoms with Gasteiger partial charge in [-0.15, -0.1) is 0 Å². The van der Waals surface area contributed by atoms with Crippen molar-refractivity contribution in [3.8, 4) is 0 Å². The van der Waals surface area contributed by atoms with E-state index in [1.807, 2.05) is 11.5 Å². The summed E-state index contributed by atoms with van der Waals surface area (Å²) >= 11 is 0. The second-order valence-electron chi connectivity index (χ2n) is 5.17. The highest BCUT2D eigenvalue weighted by Gasteiger charge is 2.10. The van der Waals surface area contributed by atoms with E-state index in [0.29, 0.717) is 6.54 Å². The van der Waals surface area contributed by atoms with E-state index < -0.39 is 0 Å². The number of hydrogen-bond donors (Lipinski definition) is 1. The number of benzene rings is 1. The van der Waals surface area contributed by atoms with Crippen LogP contribution in [0.4, 0.5) is 0 Å². The Balaban J connectivity index is 2.22. The van der Waals surface area contributed by atoms with Gasteiger partial charge in [-0.1, -0.05) is 6.92 Å². The highest BCUT2D eigenvalue weighted by molar-refractivity contribution is 5.81. The number of rotatable bonds is 4. The zero-order chi connectivity index (χ0) is 14.0. The topological polar surface area (TPSA) is 46.9 Å². The van der Waals surface area contributed by atoms with Gasteiger partial charge in [-0.25, -0.2) is 4.98 Å². The Kier molecular flexibility index (Phi) is 3.88. The molecule has 1 heterocycles. The smallest absolute Gasteiger partial charge is 0.240 e. The summed E-state index contributed by atoms with van der Waals surface area (Å²) < 4.78 is 1.90. The van der Waals surface area contributed by atoms with Gasteiger partial charge in [-0.3, -0.25) is 4.79 Å². The Morgan fingerprint density at radius 2 is 2.05 bits per heavy atom. The number of carbonyl (C=O) groups is 1. The predicted molar refractivity (Wildman–Crippen MR) is 77.1 cm³/mol. The summed E-state index contributed by atoms with van der Waals surface area (Å²) in [5, 5.41) is 2.97. The Bertz CT molecular complexity index is 601. The quantitative estimate of drug-likeness (QED) is 0.917. The minimum atomic E-state index is 0.0341. The zero-order valence-electron chi connectivity index (χ0n) is 12.0. The first-order valence-electron chi connectivity index (χ1n) is 6.72. The third kappa shape index (κ3) is 2.95. The van der Waals surface area contributed by atoms with Crippen molar-refractivity contribution in [2.24, 2.45) is 0 Å². The summed E-state index contributed by atoms with van der Waals surface area (Å²) in [5.74, 6) is 0.0341. The van der Waals surface area contributed by atoms with Crippen molar-refractivity contribution >= 4 is 16.9 Å². The Morgan fingerprint density at radius 3 is 2.74 bits per heavy atom. The molecule has 2 aromatic rings. The van der Waals surface area contributed by atoms with Crippen LogP contribution in [-0.4, -0.2) is 21.5 Å². The van der Waals surface area contributed by atoms with Crippen LogP contribution in [-0.2, 0) is 11.3 Å². The number of fused-ring (bicyclic) bond motifs is 1. The molecule has 4 nitrogen and oxygen atoms in total. The third-order valence-electron chi connectivity index (χ3n) is 3.57. The van der Waals surface area contributed by atoms with E-state index in [2.05, 4.69) is 43.2 Å². The van der Waals surface area contributed by atoms with Gasteiger partial charge in [0.2, 0.25) is 5.91 Å². The molecule has 19 heavy (non-hydrogen) atoms.